The van der Waals surface area contributed by atoms with Gasteiger partial charge in [0.05, 0.1) is 0 Å². The van der Waals surface area contributed by atoms with Crippen LogP contribution < -0.4 is 5.32 Å². The third-order valence-electron chi connectivity index (χ3n) is 3.28. The summed E-state index contributed by atoms with van der Waals surface area (Å²) < 4.78 is 1.82. The van der Waals surface area contributed by atoms with Crippen molar-refractivity contribution in [1.29, 1.82) is 0 Å². The molecule has 0 saturated carbocycles. The Bertz CT molecular complexity index is 501. The van der Waals surface area contributed by atoms with Crippen LogP contribution in [0.3, 0.4) is 0 Å². The summed E-state index contributed by atoms with van der Waals surface area (Å²) in [5.41, 5.74) is 2.07. The lowest BCUT2D eigenvalue weighted by molar-refractivity contribution is 0.439. The van der Waals surface area contributed by atoms with E-state index in [1.54, 1.807) is 0 Å². The fourth-order valence-electron chi connectivity index (χ4n) is 1.60. The molecule has 2 rings (SSSR count). The first-order valence-electron chi connectivity index (χ1n) is 6.14. The van der Waals surface area contributed by atoms with E-state index in [2.05, 4.69) is 36.2 Å². The molecule has 0 saturated heterocycles. The van der Waals surface area contributed by atoms with Gasteiger partial charge < -0.3 is 5.32 Å². The van der Waals surface area contributed by atoms with Gasteiger partial charge in [0.2, 0.25) is 5.95 Å². The minimum atomic E-state index is 0.614. The van der Waals surface area contributed by atoms with E-state index in [1.807, 2.05) is 29.8 Å². The number of hydrogen-bond donors (Lipinski definition) is 1. The molecule has 0 aliphatic rings. The van der Waals surface area contributed by atoms with Gasteiger partial charge in [0.25, 0.3) is 0 Å². The van der Waals surface area contributed by atoms with Gasteiger partial charge in [0.15, 0.2) is 5.65 Å². The fourth-order valence-corrected chi connectivity index (χ4v) is 1.60. The van der Waals surface area contributed by atoms with Crippen LogP contribution in [0.5, 0.6) is 0 Å². The Morgan fingerprint density at radius 1 is 1.35 bits per heavy atom. The minimum absolute atomic E-state index is 0.614. The second-order valence-electron chi connectivity index (χ2n) is 5.00. The molecule has 1 N–H and O–H groups in total. The lowest BCUT2D eigenvalue weighted by Crippen LogP contribution is -2.16. The molecule has 17 heavy (non-hydrogen) atoms. The molecule has 4 nitrogen and oxygen atoms in total. The lowest BCUT2D eigenvalue weighted by atomic mass is 9.98. The van der Waals surface area contributed by atoms with Crippen molar-refractivity contribution in [3.05, 3.63) is 23.9 Å². The molecule has 1 unspecified atom stereocenters. The van der Waals surface area contributed by atoms with Gasteiger partial charge in [-0.1, -0.05) is 26.8 Å². The SMILES string of the molecule is Cc1cccn2nc(NCC(C)C(C)C)nc12. The standard InChI is InChI=1S/C13H20N4/c1-9(2)11(4)8-14-13-15-12-10(3)6-5-7-17(12)16-13/h5-7,9,11H,8H2,1-4H3,(H,14,16). The summed E-state index contributed by atoms with van der Waals surface area (Å²) in [6.45, 7) is 9.65. The van der Waals surface area contributed by atoms with E-state index >= 15 is 0 Å². The maximum absolute atomic E-state index is 4.48. The van der Waals surface area contributed by atoms with Crippen LogP contribution in [0.4, 0.5) is 5.95 Å². The summed E-state index contributed by atoms with van der Waals surface area (Å²) in [6.07, 6.45) is 1.92. The summed E-state index contributed by atoms with van der Waals surface area (Å²) in [7, 11) is 0. The molecule has 1 atom stereocenters. The normalized spacial score (nSPS) is 13.2. The van der Waals surface area contributed by atoms with E-state index in [0.717, 1.165) is 17.8 Å². The van der Waals surface area contributed by atoms with Gasteiger partial charge in [-0.05, 0) is 30.4 Å². The maximum Gasteiger partial charge on any atom is 0.243 e. The number of fused-ring (bicyclic) bond motifs is 1. The predicted octanol–water partition coefficient (Wildman–Crippen LogP) is 2.74. The average Bonchev–Trinajstić information content (AvgIpc) is 2.70. The van der Waals surface area contributed by atoms with Crippen LogP contribution in [-0.4, -0.2) is 21.1 Å². The molecule has 92 valence electrons. The number of aryl methyl sites for hydroxylation is 1. The highest BCUT2D eigenvalue weighted by atomic mass is 15.3. The molecule has 0 radical (unpaired) electrons. The molecule has 0 fully saturated rings. The highest BCUT2D eigenvalue weighted by molar-refractivity contribution is 5.49. The van der Waals surface area contributed by atoms with Crippen molar-refractivity contribution in [2.45, 2.75) is 27.7 Å². The monoisotopic (exact) mass is 232 g/mol. The zero-order valence-corrected chi connectivity index (χ0v) is 10.9. The molecule has 0 aromatic carbocycles. The van der Waals surface area contributed by atoms with Crippen LogP contribution in [0, 0.1) is 18.8 Å². The molecule has 0 aliphatic heterocycles. The van der Waals surface area contributed by atoms with Crippen LogP contribution in [0.1, 0.15) is 26.3 Å². The predicted molar refractivity (Wildman–Crippen MR) is 70.2 cm³/mol. The zero-order valence-electron chi connectivity index (χ0n) is 10.9. The van der Waals surface area contributed by atoms with Crippen LogP contribution in [0.15, 0.2) is 18.3 Å². The molecule has 4 heteroatoms. The first kappa shape index (κ1) is 11.9. The Kier molecular flexibility index (Phi) is 3.31. The van der Waals surface area contributed by atoms with Crippen molar-refractivity contribution >= 4 is 11.6 Å². The average molecular weight is 232 g/mol. The van der Waals surface area contributed by atoms with Crippen molar-refractivity contribution < 1.29 is 0 Å². The van der Waals surface area contributed by atoms with E-state index in [-0.39, 0.29) is 0 Å². The van der Waals surface area contributed by atoms with E-state index in [1.165, 1.54) is 0 Å². The van der Waals surface area contributed by atoms with Gasteiger partial charge in [-0.2, -0.15) is 4.98 Å². The maximum atomic E-state index is 4.48. The highest BCUT2D eigenvalue weighted by Gasteiger charge is 2.09. The molecule has 0 aliphatic carbocycles. The second kappa shape index (κ2) is 4.73. The number of nitrogens with one attached hydrogen (secondary N) is 1. The first-order valence-corrected chi connectivity index (χ1v) is 6.14. The van der Waals surface area contributed by atoms with Gasteiger partial charge in [-0.15, -0.1) is 5.10 Å². The summed E-state index contributed by atoms with van der Waals surface area (Å²) in [5, 5.41) is 7.70. The summed E-state index contributed by atoms with van der Waals surface area (Å²) in [5.74, 6) is 2.00. The third-order valence-corrected chi connectivity index (χ3v) is 3.28. The first-order chi connectivity index (χ1) is 8.08. The van der Waals surface area contributed by atoms with Crippen molar-refractivity contribution in [2.24, 2.45) is 11.8 Å². The third kappa shape index (κ3) is 2.57. The molecule has 0 spiro atoms. The van der Waals surface area contributed by atoms with Gasteiger partial charge >= 0.3 is 0 Å². The molecular weight excluding hydrogens is 212 g/mol. The smallest absolute Gasteiger partial charge is 0.243 e. The molecule has 0 bridgehead atoms. The van der Waals surface area contributed by atoms with Crippen molar-refractivity contribution in [3.63, 3.8) is 0 Å². The minimum Gasteiger partial charge on any atom is -0.353 e. The largest absolute Gasteiger partial charge is 0.353 e. The van der Waals surface area contributed by atoms with E-state index in [4.69, 9.17) is 0 Å². The number of anilines is 1. The Labute approximate surface area is 102 Å². The van der Waals surface area contributed by atoms with Crippen molar-refractivity contribution in [2.75, 3.05) is 11.9 Å². The van der Waals surface area contributed by atoms with Gasteiger partial charge in [0, 0.05) is 12.7 Å². The number of rotatable bonds is 4. The summed E-state index contributed by atoms with van der Waals surface area (Å²) in [4.78, 5) is 4.48. The fraction of sp³-hybridized carbons (Fsp3) is 0.538. The Morgan fingerprint density at radius 2 is 2.12 bits per heavy atom. The van der Waals surface area contributed by atoms with E-state index < -0.39 is 0 Å². The highest BCUT2D eigenvalue weighted by Crippen LogP contribution is 2.12. The molecule has 0 amide bonds. The van der Waals surface area contributed by atoms with E-state index in [9.17, 15) is 0 Å². The molecular formula is C13H20N4. The van der Waals surface area contributed by atoms with Crippen LogP contribution in [-0.2, 0) is 0 Å². The Morgan fingerprint density at radius 3 is 2.76 bits per heavy atom. The van der Waals surface area contributed by atoms with Gasteiger partial charge in [0.1, 0.15) is 0 Å². The molecule has 2 aromatic rings. The lowest BCUT2D eigenvalue weighted by Gasteiger charge is -2.14. The number of pyridine rings is 1. The van der Waals surface area contributed by atoms with E-state index in [0.29, 0.717) is 17.8 Å². The zero-order chi connectivity index (χ0) is 12.4. The van der Waals surface area contributed by atoms with Crippen molar-refractivity contribution in [3.8, 4) is 0 Å². The van der Waals surface area contributed by atoms with Gasteiger partial charge in [-0.3, -0.25) is 0 Å². The Hall–Kier alpha value is -1.58. The van der Waals surface area contributed by atoms with Gasteiger partial charge in [-0.25, -0.2) is 4.52 Å². The number of nitrogens with zero attached hydrogens (tertiary/aromatic N) is 3. The summed E-state index contributed by atoms with van der Waals surface area (Å²) in [6, 6.07) is 4.03. The quantitative estimate of drug-likeness (QED) is 0.881. The number of aromatic nitrogens is 3. The second-order valence-corrected chi connectivity index (χ2v) is 5.00. The van der Waals surface area contributed by atoms with Crippen LogP contribution in [0.25, 0.3) is 5.65 Å². The number of hydrogen-bond acceptors (Lipinski definition) is 3. The Balaban J connectivity index is 2.12. The molecule has 2 aromatic heterocycles. The van der Waals surface area contributed by atoms with Crippen molar-refractivity contribution in [1.82, 2.24) is 14.6 Å². The summed E-state index contributed by atoms with van der Waals surface area (Å²) >= 11 is 0. The topological polar surface area (TPSA) is 42.2 Å². The van der Waals surface area contributed by atoms with Crippen LogP contribution >= 0.6 is 0 Å². The van der Waals surface area contributed by atoms with Crippen LogP contribution in [0.2, 0.25) is 0 Å². The molecule has 2 heterocycles.